The molecule has 0 atom stereocenters. The fraction of sp³-hybridized carbons (Fsp3) is 0.533. The molecule has 0 spiro atoms. The van der Waals surface area contributed by atoms with Crippen LogP contribution in [0.1, 0.15) is 31.1 Å². The summed E-state index contributed by atoms with van der Waals surface area (Å²) in [6.07, 6.45) is 0. The van der Waals surface area contributed by atoms with Crippen LogP contribution in [0.15, 0.2) is 24.3 Å². The Kier molecular flexibility index (Phi) is 5.84. The van der Waals surface area contributed by atoms with E-state index in [4.69, 9.17) is 4.74 Å². The third kappa shape index (κ3) is 4.69. The van der Waals surface area contributed by atoms with Crippen LogP contribution in [0.5, 0.6) is 5.75 Å². The van der Waals surface area contributed by atoms with Crippen LogP contribution in [0.2, 0.25) is 0 Å². The molecule has 1 amide bonds. The molecule has 0 radical (unpaired) electrons. The molecule has 1 saturated heterocycles. The zero-order chi connectivity index (χ0) is 13.9. The number of carbonyl (C=O) groups excluding carboxylic acids is 1. The number of amides is 1. The van der Waals surface area contributed by atoms with Crippen molar-refractivity contribution in [1.82, 2.24) is 10.2 Å². The first-order valence-electron chi connectivity index (χ1n) is 6.75. The van der Waals surface area contributed by atoms with Gasteiger partial charge in [-0.05, 0) is 45.0 Å². The van der Waals surface area contributed by atoms with E-state index in [1.807, 2.05) is 49.9 Å². The predicted molar refractivity (Wildman–Crippen MR) is 82.8 cm³/mol. The fourth-order valence-electron chi connectivity index (χ4n) is 2.07. The second kappa shape index (κ2) is 6.95. The number of ether oxygens (including phenoxy) is 1. The summed E-state index contributed by atoms with van der Waals surface area (Å²) in [5.41, 5.74) is 0.507. The van der Waals surface area contributed by atoms with Crippen molar-refractivity contribution in [2.75, 3.05) is 26.2 Å². The quantitative estimate of drug-likeness (QED) is 0.911. The summed E-state index contributed by atoms with van der Waals surface area (Å²) < 4.78 is 5.75. The molecule has 112 valence electrons. The van der Waals surface area contributed by atoms with Gasteiger partial charge in [-0.1, -0.05) is 0 Å². The van der Waals surface area contributed by atoms with Crippen LogP contribution in [-0.4, -0.2) is 42.6 Å². The number of carbonyl (C=O) groups is 1. The van der Waals surface area contributed by atoms with Crippen LogP contribution in [0.3, 0.4) is 0 Å². The standard InChI is InChI=1S/C15H22N2O2.ClH/c1-15(2,3)19-13-6-4-12(5-7-13)14(18)17-10-8-16-9-11-17;/h4-7,16H,8-11H2,1-3H3;1H. The SMILES string of the molecule is CC(C)(C)Oc1ccc(C(=O)N2CCNCC2)cc1.Cl. The van der Waals surface area contributed by atoms with E-state index < -0.39 is 0 Å². The molecule has 1 aromatic carbocycles. The molecule has 4 nitrogen and oxygen atoms in total. The predicted octanol–water partition coefficient (Wildman–Crippen LogP) is 2.33. The van der Waals surface area contributed by atoms with Gasteiger partial charge in [-0.3, -0.25) is 4.79 Å². The number of hydrogen-bond donors (Lipinski definition) is 1. The van der Waals surface area contributed by atoms with Crippen LogP contribution in [0.4, 0.5) is 0 Å². The summed E-state index contributed by atoms with van der Waals surface area (Å²) in [7, 11) is 0. The Bertz CT molecular complexity index is 434. The van der Waals surface area contributed by atoms with Gasteiger partial charge in [0.1, 0.15) is 11.4 Å². The molecule has 1 aliphatic rings. The van der Waals surface area contributed by atoms with Crippen molar-refractivity contribution in [2.45, 2.75) is 26.4 Å². The summed E-state index contributed by atoms with van der Waals surface area (Å²) in [5.74, 6) is 0.896. The Labute approximate surface area is 126 Å². The van der Waals surface area contributed by atoms with Gasteiger partial charge in [0.05, 0.1) is 0 Å². The molecule has 0 bridgehead atoms. The van der Waals surface area contributed by atoms with Crippen LogP contribution >= 0.6 is 12.4 Å². The first kappa shape index (κ1) is 16.8. The average Bonchev–Trinajstić information content (AvgIpc) is 2.38. The van der Waals surface area contributed by atoms with E-state index in [9.17, 15) is 4.79 Å². The maximum absolute atomic E-state index is 12.3. The van der Waals surface area contributed by atoms with Crippen LogP contribution in [0, 0.1) is 0 Å². The Morgan fingerprint density at radius 3 is 2.20 bits per heavy atom. The van der Waals surface area contributed by atoms with Gasteiger partial charge >= 0.3 is 0 Å². The van der Waals surface area contributed by atoms with Crippen molar-refractivity contribution >= 4 is 18.3 Å². The second-order valence-electron chi connectivity index (χ2n) is 5.78. The molecule has 0 aliphatic carbocycles. The summed E-state index contributed by atoms with van der Waals surface area (Å²) in [6.45, 7) is 9.32. The van der Waals surface area contributed by atoms with E-state index >= 15 is 0 Å². The van der Waals surface area contributed by atoms with Crippen molar-refractivity contribution in [3.8, 4) is 5.75 Å². The summed E-state index contributed by atoms with van der Waals surface area (Å²) in [6, 6.07) is 7.40. The zero-order valence-corrected chi connectivity index (χ0v) is 13.1. The molecule has 1 N–H and O–H groups in total. The van der Waals surface area contributed by atoms with E-state index in [1.54, 1.807) is 0 Å². The zero-order valence-electron chi connectivity index (χ0n) is 12.3. The Hall–Kier alpha value is -1.26. The van der Waals surface area contributed by atoms with E-state index in [2.05, 4.69) is 5.32 Å². The highest BCUT2D eigenvalue weighted by molar-refractivity contribution is 5.94. The molecule has 1 heterocycles. The average molecular weight is 299 g/mol. The van der Waals surface area contributed by atoms with Crippen LogP contribution in [-0.2, 0) is 0 Å². The maximum atomic E-state index is 12.3. The summed E-state index contributed by atoms with van der Waals surface area (Å²) >= 11 is 0. The van der Waals surface area contributed by atoms with Gasteiger partial charge in [0, 0.05) is 31.7 Å². The van der Waals surface area contributed by atoms with Crippen molar-refractivity contribution in [3.63, 3.8) is 0 Å². The minimum Gasteiger partial charge on any atom is -0.488 e. The lowest BCUT2D eigenvalue weighted by atomic mass is 10.1. The number of hydrogen-bond acceptors (Lipinski definition) is 3. The van der Waals surface area contributed by atoms with Crippen LogP contribution in [0.25, 0.3) is 0 Å². The highest BCUT2D eigenvalue weighted by atomic mass is 35.5. The van der Waals surface area contributed by atoms with Gasteiger partial charge < -0.3 is 15.0 Å². The maximum Gasteiger partial charge on any atom is 0.253 e. The lowest BCUT2D eigenvalue weighted by molar-refractivity contribution is 0.0735. The van der Waals surface area contributed by atoms with Gasteiger partial charge in [0.2, 0.25) is 0 Å². The lowest BCUT2D eigenvalue weighted by Gasteiger charge is -2.27. The third-order valence-corrected chi connectivity index (χ3v) is 2.93. The van der Waals surface area contributed by atoms with Gasteiger partial charge in [0.15, 0.2) is 0 Å². The third-order valence-electron chi connectivity index (χ3n) is 2.93. The lowest BCUT2D eigenvalue weighted by Crippen LogP contribution is -2.46. The smallest absolute Gasteiger partial charge is 0.253 e. The number of rotatable bonds is 2. The molecule has 0 aromatic heterocycles. The minimum absolute atomic E-state index is 0. The molecule has 0 saturated carbocycles. The first-order chi connectivity index (χ1) is 8.96. The van der Waals surface area contributed by atoms with E-state index in [1.165, 1.54) is 0 Å². The van der Waals surface area contributed by atoms with Gasteiger partial charge in [-0.25, -0.2) is 0 Å². The van der Waals surface area contributed by atoms with Crippen molar-refractivity contribution in [1.29, 1.82) is 0 Å². The van der Waals surface area contributed by atoms with Crippen molar-refractivity contribution in [3.05, 3.63) is 29.8 Å². The normalized spacial score (nSPS) is 15.4. The minimum atomic E-state index is -0.218. The number of halogens is 1. The van der Waals surface area contributed by atoms with E-state index in [-0.39, 0.29) is 23.9 Å². The van der Waals surface area contributed by atoms with E-state index in [0.29, 0.717) is 0 Å². The number of nitrogens with one attached hydrogen (secondary N) is 1. The number of benzene rings is 1. The highest BCUT2D eigenvalue weighted by Gasteiger charge is 2.18. The molecule has 0 unspecified atom stereocenters. The molecule has 20 heavy (non-hydrogen) atoms. The topological polar surface area (TPSA) is 41.6 Å². The second-order valence-corrected chi connectivity index (χ2v) is 5.78. The Morgan fingerprint density at radius 2 is 1.70 bits per heavy atom. The Balaban J connectivity index is 0.00000200. The molecule has 2 rings (SSSR count). The molecule has 1 aliphatic heterocycles. The van der Waals surface area contributed by atoms with E-state index in [0.717, 1.165) is 37.5 Å². The first-order valence-corrected chi connectivity index (χ1v) is 6.75. The van der Waals surface area contributed by atoms with Crippen molar-refractivity contribution < 1.29 is 9.53 Å². The largest absolute Gasteiger partial charge is 0.488 e. The number of piperazine rings is 1. The molecular weight excluding hydrogens is 276 g/mol. The van der Waals surface area contributed by atoms with Gasteiger partial charge in [0.25, 0.3) is 5.91 Å². The van der Waals surface area contributed by atoms with Gasteiger partial charge in [-0.2, -0.15) is 0 Å². The number of nitrogens with zero attached hydrogens (tertiary/aromatic N) is 1. The summed E-state index contributed by atoms with van der Waals surface area (Å²) in [4.78, 5) is 14.1. The molecule has 1 fully saturated rings. The van der Waals surface area contributed by atoms with Gasteiger partial charge in [-0.15, -0.1) is 12.4 Å². The summed E-state index contributed by atoms with van der Waals surface area (Å²) in [5, 5.41) is 3.24. The Morgan fingerprint density at radius 1 is 1.15 bits per heavy atom. The monoisotopic (exact) mass is 298 g/mol. The molecule has 1 aromatic rings. The van der Waals surface area contributed by atoms with Crippen molar-refractivity contribution in [2.24, 2.45) is 0 Å². The molecular formula is C15H23ClN2O2. The highest BCUT2D eigenvalue weighted by Crippen LogP contribution is 2.19. The fourth-order valence-corrected chi connectivity index (χ4v) is 2.07. The van der Waals surface area contributed by atoms with Crippen LogP contribution < -0.4 is 10.1 Å². The molecule has 5 heteroatoms.